The summed E-state index contributed by atoms with van der Waals surface area (Å²) in [4.78, 5) is 15.0. The Labute approximate surface area is 119 Å². The molecule has 0 aliphatic carbocycles. The van der Waals surface area contributed by atoms with Gasteiger partial charge in [0.15, 0.2) is 5.82 Å². The third-order valence-corrected chi connectivity index (χ3v) is 3.35. The number of carbonyl (C=O) groups excluding carboxylic acids is 1. The van der Waals surface area contributed by atoms with Crippen LogP contribution in [0.1, 0.15) is 12.7 Å². The predicted molar refractivity (Wildman–Crippen MR) is 73.6 cm³/mol. The molecule has 0 spiro atoms. The molecule has 0 saturated heterocycles. The molecule has 1 aromatic heterocycles. The van der Waals surface area contributed by atoms with Crippen LogP contribution < -0.4 is 4.74 Å². The van der Waals surface area contributed by atoms with Gasteiger partial charge in [-0.05, 0) is 31.2 Å². The minimum Gasteiger partial charge on any atom is -0.486 e. The second-order valence-electron chi connectivity index (χ2n) is 3.80. The van der Waals surface area contributed by atoms with Crippen molar-refractivity contribution in [2.45, 2.75) is 18.7 Å². The van der Waals surface area contributed by atoms with Crippen LogP contribution in [-0.4, -0.2) is 26.7 Å². The summed E-state index contributed by atoms with van der Waals surface area (Å²) in [5.74, 6) is 1.78. The molecule has 0 fully saturated rings. The van der Waals surface area contributed by atoms with E-state index in [4.69, 9.17) is 16.3 Å². The maximum absolute atomic E-state index is 10.8. The first-order chi connectivity index (χ1) is 9.13. The summed E-state index contributed by atoms with van der Waals surface area (Å²) in [5, 5.41) is 7.96. The van der Waals surface area contributed by atoms with E-state index in [0.717, 1.165) is 0 Å². The normalized spacial score (nSPS) is 10.4. The van der Waals surface area contributed by atoms with E-state index in [1.54, 1.807) is 24.3 Å². The number of H-pyrrole nitrogens is 1. The van der Waals surface area contributed by atoms with Crippen LogP contribution in [0.25, 0.3) is 0 Å². The van der Waals surface area contributed by atoms with E-state index in [9.17, 15) is 4.79 Å². The van der Waals surface area contributed by atoms with Gasteiger partial charge in [0.2, 0.25) is 5.16 Å². The van der Waals surface area contributed by atoms with Gasteiger partial charge in [0.1, 0.15) is 18.1 Å². The molecule has 0 aliphatic heterocycles. The number of aromatic amines is 1. The average molecular weight is 298 g/mol. The third kappa shape index (κ3) is 4.57. The van der Waals surface area contributed by atoms with Crippen LogP contribution in [0.4, 0.5) is 0 Å². The number of nitrogens with one attached hydrogen (secondary N) is 1. The van der Waals surface area contributed by atoms with Gasteiger partial charge in [-0.3, -0.25) is 9.89 Å². The molecule has 0 aliphatic rings. The van der Waals surface area contributed by atoms with E-state index in [0.29, 0.717) is 27.5 Å². The fraction of sp³-hybridized carbons (Fsp3) is 0.250. The summed E-state index contributed by atoms with van der Waals surface area (Å²) >= 11 is 7.08. The minimum absolute atomic E-state index is 0.0914. The lowest BCUT2D eigenvalue weighted by Crippen LogP contribution is -1.97. The number of carbonyl (C=O) groups is 1. The number of nitrogens with zero attached hydrogens (tertiary/aromatic N) is 2. The van der Waals surface area contributed by atoms with E-state index in [2.05, 4.69) is 15.2 Å². The Morgan fingerprint density at radius 2 is 2.16 bits per heavy atom. The zero-order valence-corrected chi connectivity index (χ0v) is 11.8. The summed E-state index contributed by atoms with van der Waals surface area (Å²) in [5.41, 5.74) is 0. The molecule has 0 amide bonds. The maximum atomic E-state index is 10.8. The maximum Gasteiger partial charge on any atom is 0.208 e. The lowest BCUT2D eigenvalue weighted by molar-refractivity contribution is -0.114. The fourth-order valence-electron chi connectivity index (χ4n) is 1.26. The van der Waals surface area contributed by atoms with E-state index < -0.39 is 0 Å². The zero-order chi connectivity index (χ0) is 13.7. The van der Waals surface area contributed by atoms with Crippen LogP contribution >= 0.6 is 23.4 Å². The summed E-state index contributed by atoms with van der Waals surface area (Å²) < 4.78 is 5.52. The molecule has 19 heavy (non-hydrogen) atoms. The lowest BCUT2D eigenvalue weighted by atomic mass is 10.3. The Balaban J connectivity index is 1.86. The number of halogens is 1. The van der Waals surface area contributed by atoms with Gasteiger partial charge in [-0.2, -0.15) is 0 Å². The van der Waals surface area contributed by atoms with Crippen molar-refractivity contribution in [2.75, 3.05) is 5.75 Å². The number of ether oxygens (including phenoxy) is 1. The van der Waals surface area contributed by atoms with Crippen molar-refractivity contribution in [3.8, 4) is 5.75 Å². The monoisotopic (exact) mass is 297 g/mol. The molecular weight excluding hydrogens is 286 g/mol. The van der Waals surface area contributed by atoms with Crippen molar-refractivity contribution >= 4 is 29.1 Å². The smallest absolute Gasteiger partial charge is 0.208 e. The van der Waals surface area contributed by atoms with E-state index >= 15 is 0 Å². The number of thioether (sulfide) groups is 1. The number of Topliss-reactive ketones (excluding diaryl/α,β-unsaturated/α-hetero) is 1. The average Bonchev–Trinajstić information content (AvgIpc) is 2.84. The van der Waals surface area contributed by atoms with Crippen molar-refractivity contribution in [3.05, 3.63) is 35.1 Å². The molecule has 100 valence electrons. The molecule has 5 nitrogen and oxygen atoms in total. The van der Waals surface area contributed by atoms with Gasteiger partial charge in [0.25, 0.3) is 0 Å². The Morgan fingerprint density at radius 1 is 1.42 bits per heavy atom. The number of rotatable bonds is 6. The minimum atomic E-state index is 0.0914. The highest BCUT2D eigenvalue weighted by atomic mass is 35.5. The zero-order valence-electron chi connectivity index (χ0n) is 10.2. The highest BCUT2D eigenvalue weighted by Crippen LogP contribution is 2.17. The first-order valence-corrected chi connectivity index (χ1v) is 6.92. The quantitative estimate of drug-likeness (QED) is 0.830. The Morgan fingerprint density at radius 3 is 2.84 bits per heavy atom. The molecule has 0 bridgehead atoms. The molecule has 0 atom stereocenters. The van der Waals surface area contributed by atoms with Crippen molar-refractivity contribution in [1.82, 2.24) is 15.2 Å². The largest absolute Gasteiger partial charge is 0.486 e. The van der Waals surface area contributed by atoms with Gasteiger partial charge < -0.3 is 4.74 Å². The molecular formula is C12H12ClN3O2S. The van der Waals surface area contributed by atoms with Gasteiger partial charge in [-0.15, -0.1) is 5.10 Å². The van der Waals surface area contributed by atoms with Crippen molar-refractivity contribution < 1.29 is 9.53 Å². The van der Waals surface area contributed by atoms with E-state index in [1.807, 2.05) is 0 Å². The van der Waals surface area contributed by atoms with Crippen LogP contribution in [0, 0.1) is 0 Å². The molecule has 0 saturated carbocycles. The molecule has 1 heterocycles. The number of benzene rings is 1. The van der Waals surface area contributed by atoms with Crippen LogP contribution in [0.5, 0.6) is 5.75 Å². The van der Waals surface area contributed by atoms with Gasteiger partial charge in [0, 0.05) is 5.02 Å². The SMILES string of the molecule is CC(=O)CSc1n[nH]c(COc2ccc(Cl)cc2)n1. The second kappa shape index (κ2) is 6.58. The third-order valence-electron chi connectivity index (χ3n) is 2.10. The van der Waals surface area contributed by atoms with Crippen LogP contribution in [0.2, 0.25) is 5.02 Å². The Kier molecular flexibility index (Phi) is 4.81. The number of hydrogen-bond acceptors (Lipinski definition) is 5. The molecule has 1 aromatic carbocycles. The molecule has 7 heteroatoms. The van der Waals surface area contributed by atoms with Gasteiger partial charge in [0.05, 0.1) is 5.75 Å². The molecule has 0 radical (unpaired) electrons. The summed E-state index contributed by atoms with van der Waals surface area (Å²) in [6.45, 7) is 1.82. The van der Waals surface area contributed by atoms with Gasteiger partial charge >= 0.3 is 0 Å². The standard InChI is InChI=1S/C12H12ClN3O2S/c1-8(17)7-19-12-14-11(15-16-12)6-18-10-4-2-9(13)3-5-10/h2-5H,6-7H2,1H3,(H,14,15,16). The van der Waals surface area contributed by atoms with Gasteiger partial charge in [-0.25, -0.2) is 4.98 Å². The topological polar surface area (TPSA) is 67.9 Å². The second-order valence-corrected chi connectivity index (χ2v) is 5.18. The van der Waals surface area contributed by atoms with Crippen molar-refractivity contribution in [3.63, 3.8) is 0 Å². The van der Waals surface area contributed by atoms with Crippen LogP contribution in [0.3, 0.4) is 0 Å². The molecule has 0 unspecified atom stereocenters. The number of ketones is 1. The first kappa shape index (κ1) is 13.9. The molecule has 2 aromatic rings. The Hall–Kier alpha value is -1.53. The van der Waals surface area contributed by atoms with E-state index in [-0.39, 0.29) is 12.4 Å². The van der Waals surface area contributed by atoms with Gasteiger partial charge in [-0.1, -0.05) is 23.4 Å². The van der Waals surface area contributed by atoms with Crippen molar-refractivity contribution in [1.29, 1.82) is 0 Å². The van der Waals surface area contributed by atoms with Crippen LogP contribution in [0.15, 0.2) is 29.4 Å². The van der Waals surface area contributed by atoms with Crippen LogP contribution in [-0.2, 0) is 11.4 Å². The fourth-order valence-corrected chi connectivity index (χ4v) is 2.00. The lowest BCUT2D eigenvalue weighted by Gasteiger charge is -2.02. The molecule has 1 N–H and O–H groups in total. The highest BCUT2D eigenvalue weighted by Gasteiger charge is 2.05. The van der Waals surface area contributed by atoms with Crippen molar-refractivity contribution in [2.24, 2.45) is 0 Å². The summed E-state index contributed by atoms with van der Waals surface area (Å²) in [6, 6.07) is 7.07. The first-order valence-electron chi connectivity index (χ1n) is 5.55. The predicted octanol–water partition coefficient (Wildman–Crippen LogP) is 2.72. The number of hydrogen-bond donors (Lipinski definition) is 1. The highest BCUT2D eigenvalue weighted by molar-refractivity contribution is 7.99. The van der Waals surface area contributed by atoms with E-state index in [1.165, 1.54) is 18.7 Å². The molecule has 2 rings (SSSR count). The number of aromatic nitrogens is 3. The summed E-state index contributed by atoms with van der Waals surface area (Å²) in [6.07, 6.45) is 0. The summed E-state index contributed by atoms with van der Waals surface area (Å²) in [7, 11) is 0. The Bertz CT molecular complexity index is 556.